The lowest BCUT2D eigenvalue weighted by Crippen LogP contribution is -2.05. The van der Waals surface area contributed by atoms with Crippen LogP contribution in [0, 0.1) is 5.82 Å². The SMILES string of the molecule is ONCc1csc(-c2ccc(F)cc2)n1. The van der Waals surface area contributed by atoms with E-state index >= 15 is 0 Å². The lowest BCUT2D eigenvalue weighted by molar-refractivity contribution is 0.160. The second kappa shape index (κ2) is 4.48. The molecule has 0 atom stereocenters. The Morgan fingerprint density at radius 3 is 2.73 bits per heavy atom. The molecule has 0 amide bonds. The first-order valence-electron chi connectivity index (χ1n) is 4.37. The second-order valence-electron chi connectivity index (χ2n) is 2.99. The van der Waals surface area contributed by atoms with Gasteiger partial charge in [0.1, 0.15) is 10.8 Å². The maximum atomic E-state index is 12.7. The summed E-state index contributed by atoms with van der Waals surface area (Å²) in [7, 11) is 0. The zero-order chi connectivity index (χ0) is 10.7. The number of hydroxylamine groups is 1. The highest BCUT2D eigenvalue weighted by Crippen LogP contribution is 2.23. The summed E-state index contributed by atoms with van der Waals surface area (Å²) in [6.07, 6.45) is 0. The Labute approximate surface area is 90.2 Å². The monoisotopic (exact) mass is 224 g/mol. The zero-order valence-electron chi connectivity index (χ0n) is 7.77. The molecule has 5 heteroatoms. The van der Waals surface area contributed by atoms with Gasteiger partial charge < -0.3 is 5.21 Å². The van der Waals surface area contributed by atoms with Crippen LogP contribution in [0.3, 0.4) is 0 Å². The number of hydrogen-bond donors (Lipinski definition) is 2. The van der Waals surface area contributed by atoms with Crippen molar-refractivity contribution in [3.8, 4) is 10.6 Å². The van der Waals surface area contributed by atoms with Crippen molar-refractivity contribution in [1.29, 1.82) is 0 Å². The molecule has 0 aliphatic carbocycles. The third-order valence-corrected chi connectivity index (χ3v) is 2.84. The van der Waals surface area contributed by atoms with Crippen LogP contribution in [0.1, 0.15) is 5.69 Å². The molecule has 0 radical (unpaired) electrons. The van der Waals surface area contributed by atoms with Crippen LogP contribution in [0.25, 0.3) is 10.6 Å². The van der Waals surface area contributed by atoms with Crippen molar-refractivity contribution < 1.29 is 9.60 Å². The van der Waals surface area contributed by atoms with Crippen molar-refractivity contribution in [2.24, 2.45) is 0 Å². The van der Waals surface area contributed by atoms with Gasteiger partial charge in [0.25, 0.3) is 0 Å². The molecule has 0 saturated heterocycles. The lowest BCUT2D eigenvalue weighted by atomic mass is 10.2. The smallest absolute Gasteiger partial charge is 0.123 e. The maximum absolute atomic E-state index is 12.7. The minimum absolute atomic E-state index is 0.257. The normalized spacial score (nSPS) is 10.5. The largest absolute Gasteiger partial charge is 0.316 e. The molecule has 15 heavy (non-hydrogen) atoms. The average Bonchev–Trinajstić information content (AvgIpc) is 2.68. The lowest BCUT2D eigenvalue weighted by Gasteiger charge is -1.95. The van der Waals surface area contributed by atoms with Gasteiger partial charge in [0.15, 0.2) is 0 Å². The second-order valence-corrected chi connectivity index (χ2v) is 3.84. The Morgan fingerprint density at radius 2 is 2.07 bits per heavy atom. The number of rotatable bonds is 3. The molecule has 1 heterocycles. The van der Waals surface area contributed by atoms with Crippen LogP contribution < -0.4 is 5.48 Å². The topological polar surface area (TPSA) is 45.1 Å². The zero-order valence-corrected chi connectivity index (χ0v) is 8.59. The van der Waals surface area contributed by atoms with Gasteiger partial charge in [-0.15, -0.1) is 11.3 Å². The molecule has 2 N–H and O–H groups in total. The standard InChI is InChI=1S/C10H9FN2OS/c11-8-3-1-7(2-4-8)10-13-9(5-12-14)6-15-10/h1-4,6,12,14H,5H2. The van der Waals surface area contributed by atoms with Crippen LogP contribution in [-0.2, 0) is 6.54 Å². The van der Waals surface area contributed by atoms with Gasteiger partial charge in [-0.1, -0.05) is 0 Å². The molecule has 0 aliphatic rings. The van der Waals surface area contributed by atoms with Gasteiger partial charge >= 0.3 is 0 Å². The Bertz CT molecular complexity index is 441. The molecular formula is C10H9FN2OS. The van der Waals surface area contributed by atoms with E-state index in [9.17, 15) is 4.39 Å². The molecule has 0 saturated carbocycles. The molecule has 0 fully saturated rings. The van der Waals surface area contributed by atoms with E-state index in [0.29, 0.717) is 6.54 Å². The molecule has 2 rings (SSSR count). The Hall–Kier alpha value is -1.30. The fourth-order valence-corrected chi connectivity index (χ4v) is 2.02. The predicted octanol–water partition coefficient (Wildman–Crippen LogP) is 2.43. The minimum Gasteiger partial charge on any atom is -0.316 e. The highest BCUT2D eigenvalue weighted by atomic mass is 32.1. The number of nitrogens with zero attached hydrogens (tertiary/aromatic N) is 1. The van der Waals surface area contributed by atoms with Crippen LogP contribution >= 0.6 is 11.3 Å². The van der Waals surface area contributed by atoms with Crippen molar-refractivity contribution in [3.63, 3.8) is 0 Å². The van der Waals surface area contributed by atoms with Gasteiger partial charge in [-0.05, 0) is 24.3 Å². The summed E-state index contributed by atoms with van der Waals surface area (Å²) < 4.78 is 12.7. The maximum Gasteiger partial charge on any atom is 0.123 e. The summed E-state index contributed by atoms with van der Waals surface area (Å²) in [5.74, 6) is -0.257. The van der Waals surface area contributed by atoms with E-state index in [4.69, 9.17) is 5.21 Å². The predicted molar refractivity (Wildman–Crippen MR) is 56.1 cm³/mol. The Balaban J connectivity index is 2.25. The number of nitrogens with one attached hydrogen (secondary N) is 1. The molecule has 78 valence electrons. The summed E-state index contributed by atoms with van der Waals surface area (Å²) in [4.78, 5) is 4.27. The van der Waals surface area contributed by atoms with Gasteiger partial charge in [-0.3, -0.25) is 0 Å². The number of halogens is 1. The van der Waals surface area contributed by atoms with E-state index in [1.54, 1.807) is 12.1 Å². The molecule has 1 aromatic heterocycles. The fourth-order valence-electron chi connectivity index (χ4n) is 1.19. The number of hydrogen-bond acceptors (Lipinski definition) is 4. The quantitative estimate of drug-likeness (QED) is 0.787. The summed E-state index contributed by atoms with van der Waals surface area (Å²) in [5, 5.41) is 11.2. The number of benzene rings is 1. The van der Waals surface area contributed by atoms with Crippen LogP contribution in [0.5, 0.6) is 0 Å². The van der Waals surface area contributed by atoms with Crippen LogP contribution in [0.2, 0.25) is 0 Å². The average molecular weight is 224 g/mol. The summed E-state index contributed by atoms with van der Waals surface area (Å²) in [6, 6.07) is 6.18. The first-order valence-corrected chi connectivity index (χ1v) is 5.25. The molecule has 1 aromatic carbocycles. The van der Waals surface area contributed by atoms with E-state index in [1.807, 2.05) is 10.9 Å². The van der Waals surface area contributed by atoms with E-state index in [1.165, 1.54) is 23.5 Å². The van der Waals surface area contributed by atoms with Crippen LogP contribution in [-0.4, -0.2) is 10.2 Å². The van der Waals surface area contributed by atoms with Gasteiger partial charge in [-0.25, -0.2) is 9.37 Å². The van der Waals surface area contributed by atoms with Crippen molar-refractivity contribution >= 4 is 11.3 Å². The molecule has 0 spiro atoms. The molecule has 0 unspecified atom stereocenters. The summed E-state index contributed by atoms with van der Waals surface area (Å²) >= 11 is 1.46. The summed E-state index contributed by atoms with van der Waals surface area (Å²) in [6.45, 7) is 0.317. The highest BCUT2D eigenvalue weighted by molar-refractivity contribution is 7.13. The molecule has 0 bridgehead atoms. The van der Waals surface area contributed by atoms with E-state index in [-0.39, 0.29) is 5.82 Å². The number of thiazole rings is 1. The van der Waals surface area contributed by atoms with Crippen molar-refractivity contribution in [2.45, 2.75) is 6.54 Å². The van der Waals surface area contributed by atoms with Gasteiger partial charge in [0.05, 0.1) is 12.2 Å². The molecular weight excluding hydrogens is 215 g/mol. The first kappa shape index (κ1) is 10.2. The van der Waals surface area contributed by atoms with Crippen LogP contribution in [0.4, 0.5) is 4.39 Å². The van der Waals surface area contributed by atoms with Crippen molar-refractivity contribution in [3.05, 3.63) is 41.2 Å². The van der Waals surface area contributed by atoms with Crippen LogP contribution in [0.15, 0.2) is 29.6 Å². The summed E-state index contributed by atoms with van der Waals surface area (Å²) in [5.41, 5.74) is 3.69. The van der Waals surface area contributed by atoms with Gasteiger partial charge in [-0.2, -0.15) is 5.48 Å². The van der Waals surface area contributed by atoms with E-state index < -0.39 is 0 Å². The van der Waals surface area contributed by atoms with Crippen molar-refractivity contribution in [1.82, 2.24) is 10.5 Å². The van der Waals surface area contributed by atoms with Crippen molar-refractivity contribution in [2.75, 3.05) is 0 Å². The Kier molecular flexibility index (Phi) is 3.05. The van der Waals surface area contributed by atoms with Gasteiger partial charge in [0, 0.05) is 10.9 Å². The number of aromatic nitrogens is 1. The Morgan fingerprint density at radius 1 is 1.33 bits per heavy atom. The van der Waals surface area contributed by atoms with Gasteiger partial charge in [0.2, 0.25) is 0 Å². The fraction of sp³-hybridized carbons (Fsp3) is 0.100. The molecule has 0 aliphatic heterocycles. The third kappa shape index (κ3) is 2.38. The van der Waals surface area contributed by atoms with E-state index in [2.05, 4.69) is 4.98 Å². The molecule has 3 nitrogen and oxygen atoms in total. The minimum atomic E-state index is -0.257. The third-order valence-electron chi connectivity index (χ3n) is 1.90. The first-order chi connectivity index (χ1) is 7.29. The molecule has 2 aromatic rings. The van der Waals surface area contributed by atoms with E-state index in [0.717, 1.165) is 16.3 Å². The highest BCUT2D eigenvalue weighted by Gasteiger charge is 2.04.